The van der Waals surface area contributed by atoms with Crippen LogP contribution in [0, 0.1) is 12.3 Å². The number of nitrogens with one attached hydrogen (secondary N) is 2. The maximum Gasteiger partial charge on any atom is 0.241 e. The molecule has 2 amide bonds. The Morgan fingerprint density at radius 3 is 2.15 bits per heavy atom. The Morgan fingerprint density at radius 2 is 1.56 bits per heavy atom. The van der Waals surface area contributed by atoms with Crippen molar-refractivity contribution in [3.8, 4) is 5.69 Å². The van der Waals surface area contributed by atoms with Gasteiger partial charge in [-0.05, 0) is 31.9 Å². The molecule has 0 atom stereocenters. The predicted molar refractivity (Wildman–Crippen MR) is 107 cm³/mol. The lowest BCUT2D eigenvalue weighted by molar-refractivity contribution is -0.138. The number of benzene rings is 1. The highest BCUT2D eigenvalue weighted by Crippen LogP contribution is 2.40. The number of carbonyl (C=O) groups is 2. The molecule has 0 bridgehead atoms. The topological polar surface area (TPSA) is 76.0 Å². The number of nitrogens with zero attached hydrogens (tertiary/aromatic N) is 2. The molecular weight excluding hydrogens is 340 g/mol. The minimum Gasteiger partial charge on any atom is -0.320 e. The fourth-order valence-corrected chi connectivity index (χ4v) is 3.65. The summed E-state index contributed by atoms with van der Waals surface area (Å²) in [6, 6.07) is 9.62. The fraction of sp³-hybridized carbons (Fsp3) is 0.476. The van der Waals surface area contributed by atoms with Crippen LogP contribution in [0.25, 0.3) is 5.69 Å². The summed E-state index contributed by atoms with van der Waals surface area (Å²) in [6.07, 6.45) is 4.68. The van der Waals surface area contributed by atoms with Gasteiger partial charge >= 0.3 is 0 Å². The highest BCUT2D eigenvalue weighted by Gasteiger charge is 2.47. The highest BCUT2D eigenvalue weighted by molar-refractivity contribution is 6.18. The van der Waals surface area contributed by atoms with Crippen molar-refractivity contribution < 1.29 is 9.59 Å². The third kappa shape index (κ3) is 3.48. The van der Waals surface area contributed by atoms with Gasteiger partial charge in [0.25, 0.3) is 0 Å². The van der Waals surface area contributed by atoms with Crippen molar-refractivity contribution in [2.75, 3.05) is 10.6 Å². The second-order valence-electron chi connectivity index (χ2n) is 7.25. The van der Waals surface area contributed by atoms with Crippen LogP contribution in [0.3, 0.4) is 0 Å². The number of para-hydroxylation sites is 1. The normalized spacial score (nSPS) is 15.7. The molecule has 1 aliphatic rings. The zero-order chi connectivity index (χ0) is 19.4. The molecule has 0 unspecified atom stereocenters. The minimum absolute atomic E-state index is 0.212. The number of aromatic nitrogens is 2. The summed E-state index contributed by atoms with van der Waals surface area (Å²) >= 11 is 0. The first kappa shape index (κ1) is 19.1. The Hall–Kier alpha value is -2.63. The number of hydrogen-bond donors (Lipinski definition) is 2. The van der Waals surface area contributed by atoms with E-state index < -0.39 is 5.41 Å². The van der Waals surface area contributed by atoms with Gasteiger partial charge in [0, 0.05) is 0 Å². The van der Waals surface area contributed by atoms with Gasteiger partial charge in [0.2, 0.25) is 11.8 Å². The molecule has 0 radical (unpaired) electrons. The zero-order valence-corrected chi connectivity index (χ0v) is 16.3. The summed E-state index contributed by atoms with van der Waals surface area (Å²) in [5.41, 5.74) is 1.08. The van der Waals surface area contributed by atoms with E-state index in [0.717, 1.165) is 31.4 Å². The van der Waals surface area contributed by atoms with Gasteiger partial charge in [-0.25, -0.2) is 4.68 Å². The van der Waals surface area contributed by atoms with Crippen LogP contribution in [0.1, 0.15) is 58.1 Å². The summed E-state index contributed by atoms with van der Waals surface area (Å²) in [5, 5.41) is 10.6. The van der Waals surface area contributed by atoms with Crippen molar-refractivity contribution in [1.29, 1.82) is 0 Å². The first-order chi connectivity index (χ1) is 13.0. The van der Waals surface area contributed by atoms with Crippen LogP contribution in [0.5, 0.6) is 0 Å². The maximum atomic E-state index is 13.3. The number of anilines is 2. The van der Waals surface area contributed by atoms with Gasteiger partial charge in [-0.1, -0.05) is 57.7 Å². The molecule has 2 N–H and O–H groups in total. The van der Waals surface area contributed by atoms with Crippen molar-refractivity contribution in [2.45, 2.75) is 59.3 Å². The number of amides is 2. The lowest BCUT2D eigenvalue weighted by Crippen LogP contribution is -2.44. The van der Waals surface area contributed by atoms with Crippen LogP contribution in [0.2, 0.25) is 0 Å². The second-order valence-corrected chi connectivity index (χ2v) is 7.25. The third-order valence-electron chi connectivity index (χ3n) is 5.32. The van der Waals surface area contributed by atoms with E-state index in [9.17, 15) is 9.59 Å². The van der Waals surface area contributed by atoms with Crippen molar-refractivity contribution in [3.63, 3.8) is 0 Å². The van der Waals surface area contributed by atoms with Gasteiger partial charge in [-0.2, -0.15) is 5.10 Å². The van der Waals surface area contributed by atoms with Crippen LogP contribution in [0.4, 0.5) is 11.5 Å². The molecule has 1 aromatic heterocycles. The molecule has 0 aliphatic carbocycles. The van der Waals surface area contributed by atoms with Gasteiger partial charge in [0.1, 0.15) is 11.1 Å². The van der Waals surface area contributed by atoms with E-state index in [4.69, 9.17) is 0 Å². The smallest absolute Gasteiger partial charge is 0.241 e. The standard InChI is InChI=1S/C21H28N4O2/c1-4-6-13-21(14-7-5-2)19(26)22-17-15(3)24-25(18(17)23-20(21)27)16-11-9-8-10-12-16/h8-12H,4-7,13-14H2,1-3H3,(H,22,26)(H,23,27). The predicted octanol–water partition coefficient (Wildman–Crippen LogP) is 4.44. The van der Waals surface area contributed by atoms with Crippen LogP contribution in [-0.2, 0) is 9.59 Å². The minimum atomic E-state index is -1.03. The van der Waals surface area contributed by atoms with Crippen LogP contribution < -0.4 is 10.6 Å². The number of hydrogen-bond acceptors (Lipinski definition) is 3. The summed E-state index contributed by atoms with van der Waals surface area (Å²) in [4.78, 5) is 26.5. The summed E-state index contributed by atoms with van der Waals surface area (Å²) in [7, 11) is 0. The van der Waals surface area contributed by atoms with Crippen molar-refractivity contribution in [2.24, 2.45) is 5.41 Å². The van der Waals surface area contributed by atoms with Gasteiger partial charge in [-0.15, -0.1) is 0 Å². The summed E-state index contributed by atoms with van der Waals surface area (Å²) < 4.78 is 1.69. The number of unbranched alkanes of at least 4 members (excludes halogenated alkanes) is 2. The molecule has 2 heterocycles. The molecule has 6 nitrogen and oxygen atoms in total. The number of aryl methyl sites for hydroxylation is 1. The van der Waals surface area contributed by atoms with E-state index in [2.05, 4.69) is 29.6 Å². The lowest BCUT2D eigenvalue weighted by atomic mass is 9.76. The lowest BCUT2D eigenvalue weighted by Gasteiger charge is -2.29. The summed E-state index contributed by atoms with van der Waals surface area (Å²) in [6.45, 7) is 5.99. The quantitative estimate of drug-likeness (QED) is 0.710. The molecule has 0 spiro atoms. The van der Waals surface area contributed by atoms with Gasteiger partial charge < -0.3 is 10.6 Å². The molecule has 0 saturated carbocycles. The number of fused-ring (bicyclic) bond motifs is 1. The first-order valence-electron chi connectivity index (χ1n) is 9.81. The van der Waals surface area contributed by atoms with Gasteiger partial charge in [0.15, 0.2) is 5.82 Å². The Labute approximate surface area is 160 Å². The number of carbonyl (C=O) groups excluding carboxylic acids is 2. The van der Waals surface area contributed by atoms with Gasteiger partial charge in [0.05, 0.1) is 11.4 Å². The van der Waals surface area contributed by atoms with E-state index in [-0.39, 0.29) is 11.8 Å². The summed E-state index contributed by atoms with van der Waals surface area (Å²) in [5.74, 6) is 0.0982. The molecule has 6 heteroatoms. The monoisotopic (exact) mass is 368 g/mol. The highest BCUT2D eigenvalue weighted by atomic mass is 16.2. The van der Waals surface area contributed by atoms with E-state index >= 15 is 0 Å². The van der Waals surface area contributed by atoms with E-state index in [1.54, 1.807) is 4.68 Å². The average Bonchev–Trinajstić information content (AvgIpc) is 2.92. The fourth-order valence-electron chi connectivity index (χ4n) is 3.65. The Morgan fingerprint density at radius 1 is 0.963 bits per heavy atom. The molecule has 27 heavy (non-hydrogen) atoms. The van der Waals surface area contributed by atoms with E-state index in [1.807, 2.05) is 37.3 Å². The van der Waals surface area contributed by atoms with Crippen LogP contribution in [0.15, 0.2) is 30.3 Å². The molecule has 0 saturated heterocycles. The second kappa shape index (κ2) is 7.94. The van der Waals surface area contributed by atoms with Crippen molar-refractivity contribution >= 4 is 23.3 Å². The number of rotatable bonds is 7. The molecule has 3 rings (SSSR count). The Kier molecular flexibility index (Phi) is 5.63. The van der Waals surface area contributed by atoms with Crippen molar-refractivity contribution in [1.82, 2.24) is 9.78 Å². The molecule has 0 fully saturated rings. The zero-order valence-electron chi connectivity index (χ0n) is 16.3. The Balaban J connectivity index is 2.04. The SMILES string of the molecule is CCCCC1(CCCC)C(=O)Nc2c(C)nn(-c3ccccc3)c2NC1=O. The van der Waals surface area contributed by atoms with Crippen LogP contribution in [-0.4, -0.2) is 21.6 Å². The molecular formula is C21H28N4O2. The average molecular weight is 368 g/mol. The first-order valence-corrected chi connectivity index (χ1v) is 9.81. The molecule has 2 aromatic rings. The van der Waals surface area contributed by atoms with Crippen LogP contribution >= 0.6 is 0 Å². The largest absolute Gasteiger partial charge is 0.320 e. The third-order valence-corrected chi connectivity index (χ3v) is 5.32. The van der Waals surface area contributed by atoms with Crippen molar-refractivity contribution in [3.05, 3.63) is 36.0 Å². The molecule has 1 aliphatic heterocycles. The molecule has 144 valence electrons. The maximum absolute atomic E-state index is 13.3. The van der Waals surface area contributed by atoms with Gasteiger partial charge in [-0.3, -0.25) is 9.59 Å². The molecule has 1 aromatic carbocycles. The van der Waals surface area contributed by atoms with E-state index in [1.165, 1.54) is 0 Å². The van der Waals surface area contributed by atoms with E-state index in [0.29, 0.717) is 30.0 Å². The Bertz CT molecular complexity index is 818.